The average molecular weight is 518 g/mol. The zero-order chi connectivity index (χ0) is 15.3. The summed E-state index contributed by atoms with van der Waals surface area (Å²) < 4.78 is 8.92. The predicted molar refractivity (Wildman–Crippen MR) is 91.8 cm³/mol. The van der Waals surface area contributed by atoms with Crippen LogP contribution in [0.3, 0.4) is 0 Å². The van der Waals surface area contributed by atoms with Gasteiger partial charge in [0, 0.05) is 6.42 Å². The van der Waals surface area contributed by atoms with Crippen molar-refractivity contribution in [2.75, 3.05) is 12.3 Å². The number of nitrogens with one attached hydrogen (secondary N) is 1. The van der Waals surface area contributed by atoms with Crippen molar-refractivity contribution >= 4 is 62.2 Å². The number of halogens is 2. The van der Waals surface area contributed by atoms with Crippen LogP contribution in [-0.2, 0) is 4.74 Å². The number of nitrogens with zero attached hydrogens (tertiary/aromatic N) is 2. The maximum absolute atomic E-state index is 12.1. The van der Waals surface area contributed by atoms with Crippen molar-refractivity contribution in [2.45, 2.75) is 24.9 Å². The number of rotatable bonds is 2. The second-order valence-electron chi connectivity index (χ2n) is 4.74. The van der Waals surface area contributed by atoms with Crippen molar-refractivity contribution in [1.82, 2.24) is 14.5 Å². The van der Waals surface area contributed by atoms with Crippen LogP contribution in [0, 0.1) is 7.27 Å². The summed E-state index contributed by atoms with van der Waals surface area (Å²) in [4.78, 5) is 18.7. The minimum atomic E-state index is -0.759. The van der Waals surface area contributed by atoms with Crippen LogP contribution >= 0.6 is 45.2 Å². The molecule has 0 amide bonds. The normalized spacial score (nSPS) is 25.8. The molecule has 0 saturated carbocycles. The van der Waals surface area contributed by atoms with E-state index in [1.54, 1.807) is 4.57 Å². The van der Waals surface area contributed by atoms with Gasteiger partial charge in [-0.25, -0.2) is 0 Å². The summed E-state index contributed by atoms with van der Waals surface area (Å²) in [6, 6.07) is 0. The van der Waals surface area contributed by atoms with Gasteiger partial charge in [0.2, 0.25) is 5.95 Å². The van der Waals surface area contributed by atoms with E-state index in [0.29, 0.717) is 17.5 Å². The molecule has 0 bridgehead atoms. The Kier molecular flexibility index (Phi) is 4.15. The number of nitrogen functional groups attached to an aromatic ring is 1. The van der Waals surface area contributed by atoms with E-state index in [2.05, 4.69) is 55.1 Å². The Morgan fingerprint density at radius 1 is 1.52 bits per heavy atom. The molecule has 10 heteroatoms. The topological polar surface area (TPSA) is 126 Å². The second-order valence-corrected chi connectivity index (χ2v) is 6.84. The van der Waals surface area contributed by atoms with E-state index < -0.39 is 18.4 Å². The zero-order valence-corrected chi connectivity index (χ0v) is 14.9. The van der Waals surface area contributed by atoms with Crippen LogP contribution < -0.4 is 11.3 Å². The largest absolute Gasteiger partial charge is 0.394 e. The van der Waals surface area contributed by atoms with Crippen LogP contribution in [-0.4, -0.2) is 43.6 Å². The highest BCUT2D eigenvalue weighted by atomic mass is 127. The van der Waals surface area contributed by atoms with Gasteiger partial charge in [0.25, 0.3) is 5.56 Å². The molecule has 1 aliphatic heterocycles. The Hall–Kier alpha value is -0.440. The van der Waals surface area contributed by atoms with Crippen LogP contribution in [0.2, 0.25) is 0 Å². The molecule has 0 spiro atoms. The van der Waals surface area contributed by atoms with Gasteiger partial charge in [-0.15, -0.1) is 0 Å². The third-order valence-corrected chi connectivity index (χ3v) is 6.57. The summed E-state index contributed by atoms with van der Waals surface area (Å²) in [6.45, 7) is -0.263. The first-order chi connectivity index (χ1) is 9.93. The number of aliphatic hydroxyl groups excluding tert-OH is 2. The van der Waals surface area contributed by atoms with E-state index in [1.807, 2.05) is 0 Å². The maximum atomic E-state index is 12.1. The molecular formula is C11H12I2N4O4. The number of aliphatic hydroxyl groups is 2. The molecule has 0 radical (unpaired) electrons. The Bertz CT molecular complexity index is 759. The second kappa shape index (κ2) is 5.64. The summed E-state index contributed by atoms with van der Waals surface area (Å²) in [6.07, 6.45) is -1.58. The van der Waals surface area contributed by atoms with Gasteiger partial charge in [0.1, 0.15) is 12.3 Å². The highest BCUT2D eigenvalue weighted by Crippen LogP contribution is 2.35. The molecule has 3 atom stereocenters. The molecule has 3 rings (SSSR count). The number of aromatic nitrogens is 3. The Labute approximate surface area is 146 Å². The minimum Gasteiger partial charge on any atom is -0.394 e. The zero-order valence-electron chi connectivity index (χ0n) is 10.6. The average Bonchev–Trinajstić information content (AvgIpc) is 2.89. The lowest BCUT2D eigenvalue weighted by Crippen LogP contribution is -2.24. The lowest BCUT2D eigenvalue weighted by molar-refractivity contribution is -0.0438. The molecule has 0 unspecified atom stereocenters. The number of anilines is 1. The Morgan fingerprint density at radius 3 is 2.86 bits per heavy atom. The lowest BCUT2D eigenvalue weighted by Gasteiger charge is -2.15. The van der Waals surface area contributed by atoms with Crippen LogP contribution in [0.4, 0.5) is 5.95 Å². The highest BCUT2D eigenvalue weighted by molar-refractivity contribution is 14.1. The smallest absolute Gasteiger partial charge is 0.262 e. The monoisotopic (exact) mass is 518 g/mol. The molecule has 3 heterocycles. The number of H-pyrrole nitrogens is 1. The third-order valence-electron chi connectivity index (χ3n) is 3.43. The SMILES string of the molecule is Nc1nc2c(c(I)c(I)n2[C@H]2C[C@H](O)[C@@H](CO)O2)c(=O)[nH]1. The molecular weight excluding hydrogens is 506 g/mol. The summed E-state index contributed by atoms with van der Waals surface area (Å²) in [7, 11) is 0. The molecule has 5 N–H and O–H groups in total. The van der Waals surface area contributed by atoms with Gasteiger partial charge in [-0.05, 0) is 45.2 Å². The molecule has 1 aliphatic rings. The Balaban J connectivity index is 2.20. The molecule has 2 aromatic rings. The predicted octanol–water partition coefficient (Wildman–Crippen LogP) is 0.157. The quantitative estimate of drug-likeness (QED) is 0.420. The number of hydrogen-bond donors (Lipinski definition) is 4. The fourth-order valence-electron chi connectivity index (χ4n) is 2.45. The first-order valence-corrected chi connectivity index (χ1v) is 8.28. The molecule has 0 aromatic carbocycles. The van der Waals surface area contributed by atoms with Gasteiger partial charge < -0.3 is 20.7 Å². The molecule has 114 valence electrons. The van der Waals surface area contributed by atoms with E-state index in [0.717, 1.165) is 7.27 Å². The number of hydrogen-bond acceptors (Lipinski definition) is 6. The van der Waals surface area contributed by atoms with E-state index in [9.17, 15) is 15.0 Å². The molecule has 1 saturated heterocycles. The van der Waals surface area contributed by atoms with Gasteiger partial charge in [-0.1, -0.05) is 0 Å². The molecule has 2 aromatic heterocycles. The van der Waals surface area contributed by atoms with Gasteiger partial charge in [0.05, 0.1) is 25.4 Å². The van der Waals surface area contributed by atoms with E-state index in [1.165, 1.54) is 0 Å². The van der Waals surface area contributed by atoms with Crippen molar-refractivity contribution in [1.29, 1.82) is 0 Å². The van der Waals surface area contributed by atoms with Gasteiger partial charge >= 0.3 is 0 Å². The fraction of sp³-hybridized carbons (Fsp3) is 0.455. The number of nitrogens with two attached hydrogens (primary N) is 1. The van der Waals surface area contributed by atoms with Gasteiger partial charge in [-0.2, -0.15) is 4.98 Å². The number of ether oxygens (including phenoxy) is 1. The minimum absolute atomic E-state index is 0.0244. The third kappa shape index (κ3) is 2.46. The number of fused-ring (bicyclic) bond motifs is 1. The Morgan fingerprint density at radius 2 is 2.24 bits per heavy atom. The summed E-state index contributed by atoms with van der Waals surface area (Å²) in [5.74, 6) is 0.0244. The molecule has 0 aliphatic carbocycles. The van der Waals surface area contributed by atoms with Crippen LogP contribution in [0.15, 0.2) is 4.79 Å². The fourth-order valence-corrected chi connectivity index (χ4v) is 4.01. The van der Waals surface area contributed by atoms with Crippen LogP contribution in [0.25, 0.3) is 11.0 Å². The first kappa shape index (κ1) is 15.5. The molecule has 8 nitrogen and oxygen atoms in total. The van der Waals surface area contributed by atoms with E-state index in [-0.39, 0.29) is 18.1 Å². The number of aromatic amines is 1. The first-order valence-electron chi connectivity index (χ1n) is 6.13. The van der Waals surface area contributed by atoms with Crippen LogP contribution in [0.5, 0.6) is 0 Å². The summed E-state index contributed by atoms with van der Waals surface area (Å²) in [5, 5.41) is 19.5. The molecule has 21 heavy (non-hydrogen) atoms. The lowest BCUT2D eigenvalue weighted by atomic mass is 10.2. The maximum Gasteiger partial charge on any atom is 0.262 e. The molecule has 1 fully saturated rings. The summed E-state index contributed by atoms with van der Waals surface area (Å²) in [5.41, 5.74) is 5.73. The van der Waals surface area contributed by atoms with Crippen molar-refractivity contribution < 1.29 is 14.9 Å². The van der Waals surface area contributed by atoms with Gasteiger partial charge in [0.15, 0.2) is 5.65 Å². The standard InChI is InChI=1S/C11H12I2N4O4/c12-7-6-9(15-11(14)16-10(6)20)17(8(7)13)5-1-3(19)4(2-18)21-5/h3-5,18-19H,1-2H2,(H3,14,15,16,20)/t3-,4+,5+/m0/s1. The highest BCUT2D eigenvalue weighted by Gasteiger charge is 2.37. The van der Waals surface area contributed by atoms with Gasteiger partial charge in [-0.3, -0.25) is 14.3 Å². The van der Waals surface area contributed by atoms with E-state index in [4.69, 9.17) is 10.5 Å². The van der Waals surface area contributed by atoms with Crippen LogP contribution in [0.1, 0.15) is 12.6 Å². The summed E-state index contributed by atoms with van der Waals surface area (Å²) >= 11 is 4.17. The van der Waals surface area contributed by atoms with Crippen molar-refractivity contribution in [3.05, 3.63) is 17.6 Å². The van der Waals surface area contributed by atoms with Crippen molar-refractivity contribution in [3.8, 4) is 0 Å². The van der Waals surface area contributed by atoms with E-state index >= 15 is 0 Å². The van der Waals surface area contributed by atoms with Crippen molar-refractivity contribution in [2.24, 2.45) is 0 Å². The van der Waals surface area contributed by atoms with Crippen molar-refractivity contribution in [3.63, 3.8) is 0 Å².